The summed E-state index contributed by atoms with van der Waals surface area (Å²) in [5.74, 6) is -5.18. The van der Waals surface area contributed by atoms with Gasteiger partial charge >= 0.3 is 6.18 Å². The maximum absolute atomic E-state index is 14.1. The molecule has 1 aromatic carbocycles. The molecule has 0 spiro atoms. The van der Waals surface area contributed by atoms with E-state index in [-0.39, 0.29) is 4.90 Å². The molecule has 1 heterocycles. The topological polar surface area (TPSA) is 68.3 Å². The molecule has 0 saturated heterocycles. The molecule has 3 rings (SSSR count). The average molecular weight is 426 g/mol. The van der Waals surface area contributed by atoms with Crippen LogP contribution < -0.4 is 0 Å². The summed E-state index contributed by atoms with van der Waals surface area (Å²) in [4.78, 5) is 50.7. The van der Waals surface area contributed by atoms with Crippen LogP contribution in [0.5, 0.6) is 0 Å². The van der Waals surface area contributed by atoms with Gasteiger partial charge in [0.1, 0.15) is 11.7 Å². The van der Waals surface area contributed by atoms with Crippen molar-refractivity contribution in [3.63, 3.8) is 0 Å². The highest BCUT2D eigenvalue weighted by molar-refractivity contribution is 7.99. The first-order chi connectivity index (χ1) is 13.3. The number of ketones is 4. The van der Waals surface area contributed by atoms with Gasteiger partial charge in [-0.3, -0.25) is 19.2 Å². The zero-order valence-corrected chi connectivity index (χ0v) is 17.3. The van der Waals surface area contributed by atoms with E-state index in [1.165, 1.54) is 6.92 Å². The fraction of sp³-hybridized carbons (Fsp3) is 0.524. The lowest BCUT2D eigenvalue weighted by molar-refractivity contribution is -0.139. The zero-order chi connectivity index (χ0) is 21.9. The van der Waals surface area contributed by atoms with Crippen molar-refractivity contribution in [2.75, 3.05) is 5.75 Å². The van der Waals surface area contributed by atoms with E-state index in [1.54, 1.807) is 13.8 Å². The Morgan fingerprint density at radius 2 is 1.79 bits per heavy atom. The number of rotatable bonds is 5. The van der Waals surface area contributed by atoms with Gasteiger partial charge in [0.15, 0.2) is 17.3 Å². The molecule has 1 saturated carbocycles. The number of aryl methyl sites for hydroxylation is 1. The summed E-state index contributed by atoms with van der Waals surface area (Å²) in [6.45, 7) is 5.68. The van der Waals surface area contributed by atoms with E-state index >= 15 is 0 Å². The van der Waals surface area contributed by atoms with E-state index in [0.717, 1.165) is 24.8 Å². The van der Waals surface area contributed by atoms with Crippen LogP contribution in [0.3, 0.4) is 0 Å². The highest BCUT2D eigenvalue weighted by Gasteiger charge is 2.49. The molecule has 0 N–H and O–H groups in total. The van der Waals surface area contributed by atoms with E-state index in [2.05, 4.69) is 0 Å². The molecule has 1 aliphatic heterocycles. The van der Waals surface area contributed by atoms with E-state index < -0.39 is 63.3 Å². The van der Waals surface area contributed by atoms with Crippen LogP contribution in [-0.4, -0.2) is 28.9 Å². The molecule has 1 atom stereocenters. The normalized spacial score (nSPS) is 19.5. The number of halogens is 3. The molecule has 2 aliphatic rings. The highest BCUT2D eigenvalue weighted by atomic mass is 32.2. The zero-order valence-electron chi connectivity index (χ0n) is 16.5. The lowest BCUT2D eigenvalue weighted by atomic mass is 9.79. The Bertz CT molecular complexity index is 942. The van der Waals surface area contributed by atoms with Gasteiger partial charge in [-0.2, -0.15) is 13.2 Å². The Morgan fingerprint density at radius 3 is 2.28 bits per heavy atom. The van der Waals surface area contributed by atoms with E-state index in [9.17, 15) is 32.3 Å². The molecule has 8 heteroatoms. The molecule has 0 radical (unpaired) electrons. The van der Waals surface area contributed by atoms with Crippen LogP contribution in [0.25, 0.3) is 0 Å². The SMILES string of the molecule is CC(=O)C(C(=O)c1cc(C)c2c(c1C(F)(F)F)C(=O)C(C)(C)CS2)C(=O)C1CC1. The predicted octanol–water partition coefficient (Wildman–Crippen LogP) is 4.70. The smallest absolute Gasteiger partial charge is 0.299 e. The molecule has 156 valence electrons. The number of benzene rings is 1. The minimum Gasteiger partial charge on any atom is -0.299 e. The number of carbonyl (C=O) groups excluding carboxylic acids is 4. The summed E-state index contributed by atoms with van der Waals surface area (Å²) < 4.78 is 42.3. The Morgan fingerprint density at radius 1 is 1.21 bits per heavy atom. The first-order valence-electron chi connectivity index (χ1n) is 9.28. The quantitative estimate of drug-likeness (QED) is 0.505. The standard InChI is InChI=1S/C21H21F3O4S/c1-9-7-12(17(27)13(10(2)25)16(26)11-5-6-11)15(21(22,23)24)14-18(9)29-8-20(3,4)19(14)28/h7,11,13H,5-6,8H2,1-4H3. The molecule has 1 unspecified atom stereocenters. The number of carbonyl (C=O) groups is 4. The van der Waals surface area contributed by atoms with Crippen LogP contribution in [0, 0.1) is 24.2 Å². The second-order valence-corrected chi connectivity index (χ2v) is 9.39. The third-order valence-corrected chi connectivity index (χ3v) is 7.05. The van der Waals surface area contributed by atoms with Gasteiger partial charge in [-0.1, -0.05) is 13.8 Å². The minimum absolute atomic E-state index is 0.200. The Hall–Kier alpha value is -1.96. The lowest BCUT2D eigenvalue weighted by Gasteiger charge is -2.33. The fourth-order valence-electron chi connectivity index (χ4n) is 3.62. The van der Waals surface area contributed by atoms with Crippen LogP contribution in [0.1, 0.15) is 65.5 Å². The summed E-state index contributed by atoms with van der Waals surface area (Å²) >= 11 is 1.15. The molecule has 1 fully saturated rings. The Kier molecular flexibility index (Phi) is 5.30. The summed E-state index contributed by atoms with van der Waals surface area (Å²) in [6, 6.07) is 1.07. The molecule has 1 aliphatic carbocycles. The molecule has 0 aromatic heterocycles. The molecular formula is C21H21F3O4S. The molecule has 0 bridgehead atoms. The van der Waals surface area contributed by atoms with Gasteiger partial charge in [0.05, 0.1) is 5.56 Å². The second kappa shape index (κ2) is 7.07. The highest BCUT2D eigenvalue weighted by Crippen LogP contribution is 2.48. The first kappa shape index (κ1) is 21.7. The van der Waals surface area contributed by atoms with E-state index in [4.69, 9.17) is 0 Å². The first-order valence-corrected chi connectivity index (χ1v) is 10.3. The summed E-state index contributed by atoms with van der Waals surface area (Å²) in [5.41, 5.74) is -3.30. The van der Waals surface area contributed by atoms with Crippen LogP contribution in [0.15, 0.2) is 11.0 Å². The van der Waals surface area contributed by atoms with Gasteiger partial charge in [-0.05, 0) is 38.3 Å². The van der Waals surface area contributed by atoms with Crippen molar-refractivity contribution >= 4 is 34.9 Å². The largest absolute Gasteiger partial charge is 0.417 e. The summed E-state index contributed by atoms with van der Waals surface area (Å²) in [5, 5.41) is 0. The van der Waals surface area contributed by atoms with Crippen LogP contribution in [0.4, 0.5) is 13.2 Å². The number of Topliss-reactive ketones (excluding diaryl/α,β-unsaturated/α-hetero) is 4. The number of thioether (sulfide) groups is 1. The molecule has 0 amide bonds. The van der Waals surface area contributed by atoms with E-state index in [0.29, 0.717) is 24.2 Å². The monoisotopic (exact) mass is 426 g/mol. The third-order valence-electron chi connectivity index (χ3n) is 5.37. The maximum Gasteiger partial charge on any atom is 0.417 e. The van der Waals surface area contributed by atoms with Crippen molar-refractivity contribution in [3.8, 4) is 0 Å². The van der Waals surface area contributed by atoms with Gasteiger partial charge in [0.2, 0.25) is 0 Å². The third kappa shape index (κ3) is 3.79. The van der Waals surface area contributed by atoms with Gasteiger partial charge in [-0.25, -0.2) is 0 Å². The minimum atomic E-state index is -4.99. The molecule has 29 heavy (non-hydrogen) atoms. The number of hydrogen-bond acceptors (Lipinski definition) is 5. The van der Waals surface area contributed by atoms with Crippen molar-refractivity contribution in [1.82, 2.24) is 0 Å². The van der Waals surface area contributed by atoms with Gasteiger partial charge in [-0.15, -0.1) is 11.8 Å². The van der Waals surface area contributed by atoms with Crippen LogP contribution >= 0.6 is 11.8 Å². The summed E-state index contributed by atoms with van der Waals surface area (Å²) in [7, 11) is 0. The Labute approximate surface area is 170 Å². The number of hydrogen-bond donors (Lipinski definition) is 0. The predicted molar refractivity (Wildman–Crippen MR) is 101 cm³/mol. The average Bonchev–Trinajstić information content (AvgIpc) is 3.41. The van der Waals surface area contributed by atoms with Gasteiger partial charge in [0, 0.05) is 33.1 Å². The van der Waals surface area contributed by atoms with Crippen molar-refractivity contribution < 1.29 is 32.3 Å². The van der Waals surface area contributed by atoms with Gasteiger partial charge in [0.25, 0.3) is 0 Å². The van der Waals surface area contributed by atoms with Gasteiger partial charge < -0.3 is 0 Å². The maximum atomic E-state index is 14.1. The Balaban J connectivity index is 2.27. The fourth-order valence-corrected chi connectivity index (χ4v) is 4.88. The van der Waals surface area contributed by atoms with Crippen molar-refractivity contribution in [1.29, 1.82) is 0 Å². The van der Waals surface area contributed by atoms with E-state index in [1.807, 2.05) is 0 Å². The van der Waals surface area contributed by atoms with Crippen molar-refractivity contribution in [2.45, 2.75) is 51.6 Å². The number of alkyl halides is 3. The molecule has 1 aromatic rings. The van der Waals surface area contributed by atoms with Crippen LogP contribution in [0.2, 0.25) is 0 Å². The molecular weight excluding hydrogens is 405 g/mol. The van der Waals surface area contributed by atoms with Crippen LogP contribution in [-0.2, 0) is 15.8 Å². The lowest BCUT2D eigenvalue weighted by Crippen LogP contribution is -2.36. The van der Waals surface area contributed by atoms with Crippen molar-refractivity contribution in [3.05, 3.63) is 28.3 Å². The summed E-state index contributed by atoms with van der Waals surface area (Å²) in [6.07, 6.45) is -3.94. The number of fused-ring (bicyclic) bond motifs is 1. The second-order valence-electron chi connectivity index (χ2n) is 8.40. The molecule has 4 nitrogen and oxygen atoms in total. The van der Waals surface area contributed by atoms with Crippen molar-refractivity contribution in [2.24, 2.45) is 17.3 Å².